The van der Waals surface area contributed by atoms with Crippen LogP contribution in [0.4, 0.5) is 18.9 Å². The molecule has 4 rings (SSSR count). The van der Waals surface area contributed by atoms with Crippen LogP contribution in [0.2, 0.25) is 5.02 Å². The molecule has 1 aliphatic heterocycles. The number of nitrogens with zero attached hydrogens (tertiary/aromatic N) is 1. The maximum atomic E-state index is 13.2. The number of aliphatic hydroxyl groups excluding tert-OH is 1. The van der Waals surface area contributed by atoms with Crippen LogP contribution in [0.25, 0.3) is 5.76 Å². The molecule has 0 radical (unpaired) electrons. The summed E-state index contributed by atoms with van der Waals surface area (Å²) >= 11 is 5.92. The second-order valence-corrected chi connectivity index (χ2v) is 7.93. The van der Waals surface area contributed by atoms with Gasteiger partial charge in [-0.3, -0.25) is 14.5 Å². The van der Waals surface area contributed by atoms with Crippen molar-refractivity contribution in [3.63, 3.8) is 0 Å². The molecule has 35 heavy (non-hydrogen) atoms. The number of carbonyl (C=O) groups is 2. The van der Waals surface area contributed by atoms with Gasteiger partial charge in [-0.05, 0) is 54.1 Å². The monoisotopic (exact) mass is 503 g/mol. The fraction of sp³-hybridized carbons (Fsp3) is 0.120. The van der Waals surface area contributed by atoms with E-state index in [-0.39, 0.29) is 16.8 Å². The summed E-state index contributed by atoms with van der Waals surface area (Å²) in [7, 11) is 1.43. The van der Waals surface area contributed by atoms with Gasteiger partial charge >= 0.3 is 6.36 Å². The third-order valence-corrected chi connectivity index (χ3v) is 5.55. The van der Waals surface area contributed by atoms with Crippen molar-refractivity contribution in [3.05, 3.63) is 94.5 Å². The molecular weight excluding hydrogens is 487 g/mol. The van der Waals surface area contributed by atoms with Crippen molar-refractivity contribution in [2.45, 2.75) is 12.4 Å². The zero-order valence-electron chi connectivity index (χ0n) is 18.0. The third kappa shape index (κ3) is 4.95. The average molecular weight is 504 g/mol. The first-order valence-electron chi connectivity index (χ1n) is 10.2. The number of hydrogen-bond acceptors (Lipinski definition) is 5. The number of aliphatic hydroxyl groups is 1. The Balaban J connectivity index is 1.91. The molecule has 10 heteroatoms. The maximum Gasteiger partial charge on any atom is 0.573 e. The Bertz CT molecular complexity index is 1320. The molecule has 3 aromatic carbocycles. The van der Waals surface area contributed by atoms with E-state index in [2.05, 4.69) is 4.74 Å². The summed E-state index contributed by atoms with van der Waals surface area (Å²) in [5.74, 6) is -2.66. The normalized spacial score (nSPS) is 17.5. The molecule has 0 saturated carbocycles. The predicted molar refractivity (Wildman–Crippen MR) is 122 cm³/mol. The molecule has 1 aliphatic rings. The number of rotatable bonds is 5. The Morgan fingerprint density at radius 2 is 1.63 bits per heavy atom. The van der Waals surface area contributed by atoms with Crippen LogP contribution < -0.4 is 14.4 Å². The highest BCUT2D eigenvalue weighted by Gasteiger charge is 2.47. The lowest BCUT2D eigenvalue weighted by Crippen LogP contribution is -2.29. The van der Waals surface area contributed by atoms with Gasteiger partial charge in [0.2, 0.25) is 0 Å². The van der Waals surface area contributed by atoms with E-state index < -0.39 is 35.6 Å². The highest BCUT2D eigenvalue weighted by molar-refractivity contribution is 6.51. The van der Waals surface area contributed by atoms with Crippen LogP contribution in [0.3, 0.4) is 0 Å². The fourth-order valence-corrected chi connectivity index (χ4v) is 3.95. The van der Waals surface area contributed by atoms with E-state index in [1.807, 2.05) is 0 Å². The van der Waals surface area contributed by atoms with Crippen molar-refractivity contribution >= 4 is 34.7 Å². The lowest BCUT2D eigenvalue weighted by atomic mass is 9.95. The Morgan fingerprint density at radius 3 is 2.29 bits per heavy atom. The second kappa shape index (κ2) is 9.34. The van der Waals surface area contributed by atoms with Crippen molar-refractivity contribution in [3.8, 4) is 11.5 Å². The lowest BCUT2D eigenvalue weighted by molar-refractivity contribution is -0.274. The molecule has 1 amide bonds. The zero-order valence-corrected chi connectivity index (χ0v) is 18.8. The van der Waals surface area contributed by atoms with Crippen molar-refractivity contribution in [1.29, 1.82) is 0 Å². The topological polar surface area (TPSA) is 76.1 Å². The number of ketones is 1. The minimum Gasteiger partial charge on any atom is -0.507 e. The van der Waals surface area contributed by atoms with E-state index in [4.69, 9.17) is 16.3 Å². The Kier molecular flexibility index (Phi) is 6.45. The predicted octanol–water partition coefficient (Wildman–Crippen LogP) is 5.87. The highest BCUT2D eigenvalue weighted by Crippen LogP contribution is 2.43. The van der Waals surface area contributed by atoms with Crippen LogP contribution >= 0.6 is 11.6 Å². The van der Waals surface area contributed by atoms with E-state index in [1.54, 1.807) is 24.3 Å². The minimum atomic E-state index is -4.95. The number of ether oxygens (including phenoxy) is 2. The summed E-state index contributed by atoms with van der Waals surface area (Å²) in [4.78, 5) is 27.3. The number of benzene rings is 3. The fourth-order valence-electron chi connectivity index (χ4n) is 3.82. The number of methoxy groups -OCH3 is 1. The first kappa shape index (κ1) is 24.2. The molecule has 3 aromatic rings. The van der Waals surface area contributed by atoms with Crippen molar-refractivity contribution in [1.82, 2.24) is 0 Å². The molecule has 0 bridgehead atoms. The third-order valence-electron chi connectivity index (χ3n) is 5.30. The first-order valence-corrected chi connectivity index (χ1v) is 10.5. The molecule has 0 spiro atoms. The van der Waals surface area contributed by atoms with E-state index in [0.29, 0.717) is 16.3 Å². The van der Waals surface area contributed by atoms with Crippen molar-refractivity contribution in [2.75, 3.05) is 12.0 Å². The van der Waals surface area contributed by atoms with Crippen LogP contribution in [0.5, 0.6) is 11.5 Å². The summed E-state index contributed by atoms with van der Waals surface area (Å²) < 4.78 is 47.6. The van der Waals surface area contributed by atoms with Crippen LogP contribution in [-0.2, 0) is 9.59 Å². The van der Waals surface area contributed by atoms with Crippen LogP contribution in [0.15, 0.2) is 78.4 Å². The number of Topliss-reactive ketones (excluding diaryl/α,β-unsaturated/α-hetero) is 1. The van der Waals surface area contributed by atoms with Crippen molar-refractivity contribution in [2.24, 2.45) is 0 Å². The van der Waals surface area contributed by atoms with Crippen LogP contribution in [-0.4, -0.2) is 30.3 Å². The number of alkyl halides is 3. The van der Waals surface area contributed by atoms with E-state index in [1.165, 1.54) is 43.5 Å². The van der Waals surface area contributed by atoms with E-state index >= 15 is 0 Å². The number of halogens is 4. The number of anilines is 1. The largest absolute Gasteiger partial charge is 0.573 e. The summed E-state index contributed by atoms with van der Waals surface area (Å²) in [6.07, 6.45) is -4.95. The van der Waals surface area contributed by atoms with E-state index in [0.717, 1.165) is 17.0 Å². The molecule has 0 aromatic heterocycles. The van der Waals surface area contributed by atoms with Crippen molar-refractivity contribution < 1.29 is 37.3 Å². The lowest BCUT2D eigenvalue weighted by Gasteiger charge is -2.26. The van der Waals surface area contributed by atoms with Gasteiger partial charge in [0.15, 0.2) is 0 Å². The molecule has 1 heterocycles. The molecule has 1 saturated heterocycles. The molecule has 1 fully saturated rings. The molecule has 6 nitrogen and oxygen atoms in total. The first-order chi connectivity index (χ1) is 16.6. The summed E-state index contributed by atoms with van der Waals surface area (Å²) in [5, 5.41) is 11.5. The van der Waals surface area contributed by atoms with Gasteiger partial charge in [-0.1, -0.05) is 29.8 Å². The Morgan fingerprint density at radius 1 is 0.971 bits per heavy atom. The zero-order chi connectivity index (χ0) is 25.3. The van der Waals surface area contributed by atoms with Gasteiger partial charge in [-0.2, -0.15) is 0 Å². The minimum absolute atomic E-state index is 0.0307. The molecule has 1 unspecified atom stereocenters. The molecule has 180 valence electrons. The van der Waals surface area contributed by atoms with Gasteiger partial charge in [0.1, 0.15) is 17.3 Å². The van der Waals surface area contributed by atoms with Gasteiger partial charge in [-0.15, -0.1) is 13.2 Å². The molecular formula is C25H17ClF3NO5. The quantitative estimate of drug-likeness (QED) is 0.267. The summed E-state index contributed by atoms with van der Waals surface area (Å²) in [6.45, 7) is 0. The number of hydrogen-bond donors (Lipinski definition) is 1. The Hall–Kier alpha value is -3.98. The second-order valence-electron chi connectivity index (χ2n) is 7.50. The maximum absolute atomic E-state index is 13.2. The van der Waals surface area contributed by atoms with Gasteiger partial charge < -0.3 is 14.6 Å². The van der Waals surface area contributed by atoms with E-state index in [9.17, 15) is 27.9 Å². The SMILES string of the molecule is COc1cccc(C2/C(=C(\O)c3ccc(Cl)cc3)C(=O)C(=O)N2c2cccc(OC(F)(F)F)c2)c1. The van der Waals surface area contributed by atoms with Crippen LogP contribution in [0, 0.1) is 0 Å². The van der Waals surface area contributed by atoms with Gasteiger partial charge in [0.05, 0.1) is 18.7 Å². The Labute approximate surface area is 202 Å². The molecule has 1 atom stereocenters. The van der Waals surface area contributed by atoms with Gasteiger partial charge in [0, 0.05) is 22.3 Å². The summed E-state index contributed by atoms with van der Waals surface area (Å²) in [5.41, 5.74) is 0.347. The number of carbonyl (C=O) groups excluding carboxylic acids is 2. The van der Waals surface area contributed by atoms with Gasteiger partial charge in [0.25, 0.3) is 11.7 Å². The molecule has 1 N–H and O–H groups in total. The van der Waals surface area contributed by atoms with Crippen LogP contribution in [0.1, 0.15) is 17.2 Å². The average Bonchev–Trinajstić information content (AvgIpc) is 3.08. The molecule has 0 aliphatic carbocycles. The summed E-state index contributed by atoms with van der Waals surface area (Å²) in [6, 6.07) is 15.9. The number of amides is 1. The smallest absolute Gasteiger partial charge is 0.507 e. The standard InChI is InChI=1S/C25H17ClF3NO5/c1-34-18-6-2-4-15(12-18)21-20(22(31)14-8-10-16(26)11-9-14)23(32)24(33)30(21)17-5-3-7-19(13-17)35-25(27,28)29/h2-13,21,31H,1H3/b22-20+. The highest BCUT2D eigenvalue weighted by atomic mass is 35.5. The van der Waals surface area contributed by atoms with Gasteiger partial charge in [-0.25, -0.2) is 0 Å².